The van der Waals surface area contributed by atoms with Crippen LogP contribution in [-0.4, -0.2) is 16.9 Å². The highest BCUT2D eigenvalue weighted by Gasteiger charge is 2.56. The van der Waals surface area contributed by atoms with Gasteiger partial charge in [-0.25, -0.2) is 0 Å². The van der Waals surface area contributed by atoms with Gasteiger partial charge in [0.2, 0.25) is 0 Å². The minimum absolute atomic E-state index is 0.0180. The fraction of sp³-hybridized carbons (Fsp3) is 0.933. The Kier molecular flexibility index (Phi) is 3.46. The molecule has 0 spiro atoms. The van der Waals surface area contributed by atoms with Crippen molar-refractivity contribution in [2.24, 2.45) is 23.7 Å². The highest BCUT2D eigenvalue weighted by Crippen LogP contribution is 2.59. The predicted molar refractivity (Wildman–Crippen MR) is 74.6 cm³/mol. The smallest absolute Gasteiger partial charge is 0.306 e. The van der Waals surface area contributed by atoms with Crippen molar-refractivity contribution < 1.29 is 9.53 Å². The first-order valence-corrected chi connectivity index (χ1v) is 8.51. The van der Waals surface area contributed by atoms with Gasteiger partial charge in [0.15, 0.2) is 0 Å². The van der Waals surface area contributed by atoms with Crippen molar-refractivity contribution >= 4 is 21.9 Å². The zero-order valence-electron chi connectivity index (χ0n) is 11.2. The van der Waals surface area contributed by atoms with E-state index in [4.69, 9.17) is 4.74 Å². The van der Waals surface area contributed by atoms with Crippen LogP contribution in [0.4, 0.5) is 0 Å². The topological polar surface area (TPSA) is 26.3 Å². The molecule has 0 amide bonds. The molecular formula is C15H23BrO2. The first-order valence-electron chi connectivity index (χ1n) is 7.39. The summed E-state index contributed by atoms with van der Waals surface area (Å²) in [6.07, 6.45) is 8.10. The Morgan fingerprint density at radius 3 is 2.22 bits per heavy atom. The number of hydrogen-bond donors (Lipinski definition) is 0. The number of ether oxygens (including phenoxy) is 1. The van der Waals surface area contributed by atoms with Crippen molar-refractivity contribution in [3.63, 3.8) is 0 Å². The van der Waals surface area contributed by atoms with Gasteiger partial charge in [0.05, 0.1) is 0 Å². The maximum absolute atomic E-state index is 12.0. The number of rotatable bonds is 4. The second kappa shape index (κ2) is 4.81. The van der Waals surface area contributed by atoms with Gasteiger partial charge in [0, 0.05) is 11.8 Å². The highest BCUT2D eigenvalue weighted by atomic mass is 79.9. The lowest BCUT2D eigenvalue weighted by atomic mass is 9.50. The van der Waals surface area contributed by atoms with Crippen molar-refractivity contribution in [1.29, 1.82) is 0 Å². The van der Waals surface area contributed by atoms with E-state index in [2.05, 4.69) is 22.9 Å². The molecule has 3 heteroatoms. The average Bonchev–Trinajstić information content (AvgIpc) is 2.33. The molecule has 2 nitrogen and oxygen atoms in total. The first kappa shape index (κ1) is 13.0. The zero-order valence-corrected chi connectivity index (χ0v) is 12.7. The third kappa shape index (κ3) is 2.13. The summed E-state index contributed by atoms with van der Waals surface area (Å²) >= 11 is 3.37. The van der Waals surface area contributed by atoms with Gasteiger partial charge >= 0.3 is 5.97 Å². The van der Waals surface area contributed by atoms with Gasteiger partial charge < -0.3 is 4.74 Å². The lowest BCUT2D eigenvalue weighted by Crippen LogP contribution is -2.57. The van der Waals surface area contributed by atoms with Gasteiger partial charge in [-0.05, 0) is 69.1 Å². The summed E-state index contributed by atoms with van der Waals surface area (Å²) in [6.45, 7) is 2.21. The van der Waals surface area contributed by atoms with Crippen LogP contribution in [0.5, 0.6) is 0 Å². The number of halogens is 1. The molecule has 0 N–H and O–H groups in total. The van der Waals surface area contributed by atoms with Crippen LogP contribution in [0.3, 0.4) is 0 Å². The SMILES string of the molecule is CC1(OC(=O)CCCBr)C2CC3CC(C2)CC1C3. The molecule has 102 valence electrons. The van der Waals surface area contributed by atoms with Crippen LogP contribution in [0, 0.1) is 23.7 Å². The first-order chi connectivity index (χ1) is 8.61. The van der Waals surface area contributed by atoms with Crippen molar-refractivity contribution in [2.75, 3.05) is 5.33 Å². The Labute approximate surface area is 118 Å². The van der Waals surface area contributed by atoms with Gasteiger partial charge in [-0.1, -0.05) is 15.9 Å². The molecule has 4 aliphatic carbocycles. The van der Waals surface area contributed by atoms with E-state index < -0.39 is 0 Å². The van der Waals surface area contributed by atoms with Crippen LogP contribution in [0.15, 0.2) is 0 Å². The molecule has 0 aliphatic heterocycles. The maximum atomic E-state index is 12.0. The van der Waals surface area contributed by atoms with E-state index >= 15 is 0 Å². The van der Waals surface area contributed by atoms with E-state index in [0.717, 1.165) is 23.6 Å². The second-order valence-corrected chi connectivity index (χ2v) is 7.55. The monoisotopic (exact) mass is 314 g/mol. The van der Waals surface area contributed by atoms with E-state index in [9.17, 15) is 4.79 Å². The lowest BCUT2D eigenvalue weighted by molar-refractivity contribution is -0.203. The molecular weight excluding hydrogens is 292 g/mol. The summed E-state index contributed by atoms with van der Waals surface area (Å²) in [5, 5.41) is 0.885. The van der Waals surface area contributed by atoms with Crippen molar-refractivity contribution in [2.45, 2.75) is 57.5 Å². The van der Waals surface area contributed by atoms with Gasteiger partial charge in [0.1, 0.15) is 5.60 Å². The second-order valence-electron chi connectivity index (χ2n) is 6.75. The summed E-state index contributed by atoms with van der Waals surface area (Å²) in [5.41, 5.74) is -0.142. The minimum Gasteiger partial charge on any atom is -0.459 e. The summed E-state index contributed by atoms with van der Waals surface area (Å²) in [5.74, 6) is 3.16. The minimum atomic E-state index is -0.142. The van der Waals surface area contributed by atoms with Crippen LogP contribution >= 0.6 is 15.9 Å². The Bertz CT molecular complexity index is 311. The molecule has 4 aliphatic rings. The van der Waals surface area contributed by atoms with E-state index in [-0.39, 0.29) is 11.6 Å². The molecule has 0 unspecified atom stereocenters. The maximum Gasteiger partial charge on any atom is 0.306 e. The van der Waals surface area contributed by atoms with Crippen LogP contribution in [0.25, 0.3) is 0 Å². The Hall–Kier alpha value is -0.0500. The van der Waals surface area contributed by atoms with Crippen LogP contribution in [0.2, 0.25) is 0 Å². The molecule has 0 aromatic rings. The number of alkyl halides is 1. The summed E-state index contributed by atoms with van der Waals surface area (Å²) in [7, 11) is 0. The molecule has 4 rings (SSSR count). The van der Waals surface area contributed by atoms with Crippen molar-refractivity contribution in [3.05, 3.63) is 0 Å². The summed E-state index contributed by atoms with van der Waals surface area (Å²) in [6, 6.07) is 0. The summed E-state index contributed by atoms with van der Waals surface area (Å²) in [4.78, 5) is 12.0. The molecule has 0 saturated heterocycles. The van der Waals surface area contributed by atoms with E-state index in [1.165, 1.54) is 32.1 Å². The number of esters is 1. The number of carbonyl (C=O) groups is 1. The van der Waals surface area contributed by atoms with Gasteiger partial charge in [-0.3, -0.25) is 4.79 Å². The zero-order chi connectivity index (χ0) is 12.8. The normalized spacial score (nSPS) is 45.2. The van der Waals surface area contributed by atoms with E-state index in [1.54, 1.807) is 0 Å². The molecule has 0 aromatic carbocycles. The van der Waals surface area contributed by atoms with Crippen molar-refractivity contribution in [1.82, 2.24) is 0 Å². The molecule has 0 atom stereocenters. The quantitative estimate of drug-likeness (QED) is 0.580. The Morgan fingerprint density at radius 2 is 1.72 bits per heavy atom. The highest BCUT2D eigenvalue weighted by molar-refractivity contribution is 9.09. The van der Waals surface area contributed by atoms with Crippen LogP contribution in [-0.2, 0) is 9.53 Å². The van der Waals surface area contributed by atoms with Gasteiger partial charge in [0.25, 0.3) is 0 Å². The molecule has 0 aromatic heterocycles. The molecule has 4 saturated carbocycles. The Morgan fingerprint density at radius 1 is 1.17 bits per heavy atom. The largest absolute Gasteiger partial charge is 0.459 e. The van der Waals surface area contributed by atoms with Gasteiger partial charge in [-0.2, -0.15) is 0 Å². The third-order valence-corrected chi connectivity index (χ3v) is 6.17. The molecule has 4 fully saturated rings. The summed E-state index contributed by atoms with van der Waals surface area (Å²) < 4.78 is 5.96. The van der Waals surface area contributed by atoms with Gasteiger partial charge in [-0.15, -0.1) is 0 Å². The Balaban J connectivity index is 1.68. The molecule has 4 bridgehead atoms. The van der Waals surface area contributed by atoms with Crippen LogP contribution in [0.1, 0.15) is 51.9 Å². The van der Waals surface area contributed by atoms with E-state index in [1.807, 2.05) is 0 Å². The molecule has 0 radical (unpaired) electrons. The standard InChI is InChI=1S/C15H23BrO2/c1-15(18-14(17)3-2-4-16)12-6-10-5-11(8-12)9-13(15)7-10/h10-13H,2-9H2,1H3. The predicted octanol–water partition coefficient (Wildman–Crippen LogP) is 3.92. The fourth-order valence-electron chi connectivity index (χ4n) is 4.79. The third-order valence-electron chi connectivity index (χ3n) is 5.61. The number of carbonyl (C=O) groups excluding carboxylic acids is 1. The van der Waals surface area contributed by atoms with E-state index in [0.29, 0.717) is 18.3 Å². The van der Waals surface area contributed by atoms with Crippen LogP contribution < -0.4 is 0 Å². The van der Waals surface area contributed by atoms with Crippen molar-refractivity contribution in [3.8, 4) is 0 Å². The molecule has 18 heavy (non-hydrogen) atoms. The lowest BCUT2D eigenvalue weighted by Gasteiger charge is -2.59. The fourth-order valence-corrected chi connectivity index (χ4v) is 5.07. The number of hydrogen-bond acceptors (Lipinski definition) is 2. The molecule has 0 heterocycles. The average molecular weight is 315 g/mol.